The molecular weight excluding hydrogens is 696 g/mol. The Bertz CT molecular complexity index is 1320. The SMILES string of the molecule is C=CC(=O)OCC(COCC(COC(=O)C=C)(COC(=O)C=C)COC(=O)NC1CC(C)(C)CC(C)(NC(C)=O)C1)(COC(=O)C=C)COC(=O)C=C. The number of amides is 2. The van der Waals surface area contributed by atoms with Crippen LogP contribution in [0.5, 0.6) is 0 Å². The van der Waals surface area contributed by atoms with Crippen LogP contribution in [-0.4, -0.2) is 106 Å². The topological polar surface area (TPSA) is 208 Å². The molecule has 0 heterocycles. The van der Waals surface area contributed by atoms with Crippen LogP contribution in [-0.2, 0) is 61.9 Å². The number of carbonyl (C=O) groups is 7. The molecule has 0 aliphatic heterocycles. The van der Waals surface area contributed by atoms with Gasteiger partial charge in [0, 0.05) is 48.9 Å². The number of hydrogen-bond acceptors (Lipinski definition) is 14. The fraction of sp³-hybridized carbons (Fsp3) is 0.541. The van der Waals surface area contributed by atoms with Gasteiger partial charge in [-0.1, -0.05) is 46.7 Å². The molecule has 294 valence electrons. The first-order chi connectivity index (χ1) is 24.8. The highest BCUT2D eigenvalue weighted by Gasteiger charge is 2.44. The first-order valence-corrected chi connectivity index (χ1v) is 16.5. The number of alkyl carbamates (subject to hydrolysis) is 1. The number of ether oxygens (including phenoxy) is 7. The van der Waals surface area contributed by atoms with Crippen LogP contribution < -0.4 is 10.6 Å². The first kappa shape index (κ1) is 45.8. The first-order valence-electron chi connectivity index (χ1n) is 16.5. The molecule has 0 aromatic heterocycles. The second-order valence-electron chi connectivity index (χ2n) is 14.0. The fourth-order valence-corrected chi connectivity index (χ4v) is 5.93. The molecule has 16 nitrogen and oxygen atoms in total. The van der Waals surface area contributed by atoms with Crippen molar-refractivity contribution in [3.8, 4) is 0 Å². The predicted molar refractivity (Wildman–Crippen MR) is 190 cm³/mol. The van der Waals surface area contributed by atoms with E-state index in [0.717, 1.165) is 30.4 Å². The molecule has 16 heteroatoms. The van der Waals surface area contributed by atoms with Crippen LogP contribution in [0.1, 0.15) is 47.0 Å². The summed E-state index contributed by atoms with van der Waals surface area (Å²) >= 11 is 0. The van der Waals surface area contributed by atoms with Crippen molar-refractivity contribution < 1.29 is 66.7 Å². The standard InChI is InChI=1S/C37H52N2O14/c1-10-28(41)48-20-36(21-49-29(42)11-2,22-50-30(43)12-3)18-47-19-37(23-51-31(44)13-4,24-52-32(45)14-5)25-53-33(46)38-27-15-34(7,8)17-35(9,16-27)39-26(6)40/h10-14,27H,1-5,15-25H2,6-9H3,(H,38,46)(H,39,40). The monoisotopic (exact) mass is 748 g/mol. The molecule has 0 aromatic rings. The van der Waals surface area contributed by atoms with Crippen LogP contribution in [0.4, 0.5) is 4.79 Å². The van der Waals surface area contributed by atoms with Crippen molar-refractivity contribution in [2.75, 3.05) is 52.9 Å². The molecule has 2 atom stereocenters. The second-order valence-corrected chi connectivity index (χ2v) is 14.0. The lowest BCUT2D eigenvalue weighted by atomic mass is 9.67. The van der Waals surface area contributed by atoms with Crippen molar-refractivity contribution in [3.05, 3.63) is 63.3 Å². The van der Waals surface area contributed by atoms with E-state index in [2.05, 4.69) is 43.5 Å². The highest BCUT2D eigenvalue weighted by atomic mass is 16.6. The van der Waals surface area contributed by atoms with Crippen molar-refractivity contribution in [3.63, 3.8) is 0 Å². The molecule has 1 rings (SSSR count). The molecule has 1 fully saturated rings. The molecule has 1 saturated carbocycles. The van der Waals surface area contributed by atoms with Gasteiger partial charge in [-0.25, -0.2) is 28.8 Å². The molecule has 0 aromatic carbocycles. The van der Waals surface area contributed by atoms with E-state index in [4.69, 9.17) is 33.2 Å². The van der Waals surface area contributed by atoms with Gasteiger partial charge in [-0.15, -0.1) is 0 Å². The molecule has 2 unspecified atom stereocenters. The van der Waals surface area contributed by atoms with Crippen molar-refractivity contribution in [2.24, 2.45) is 16.2 Å². The highest BCUT2D eigenvalue weighted by Crippen LogP contribution is 2.41. The number of esters is 5. The van der Waals surface area contributed by atoms with Crippen molar-refractivity contribution in [2.45, 2.75) is 58.5 Å². The summed E-state index contributed by atoms with van der Waals surface area (Å²) < 4.78 is 38.0. The van der Waals surface area contributed by atoms with Crippen LogP contribution in [0.15, 0.2) is 63.3 Å². The Labute approximate surface area is 309 Å². The molecule has 53 heavy (non-hydrogen) atoms. The zero-order valence-electron chi connectivity index (χ0n) is 31.0. The summed E-state index contributed by atoms with van der Waals surface area (Å²) in [5, 5.41) is 5.81. The van der Waals surface area contributed by atoms with Crippen LogP contribution in [0.3, 0.4) is 0 Å². The Morgan fingerprint density at radius 1 is 0.585 bits per heavy atom. The number of hydrogen-bond donors (Lipinski definition) is 2. The van der Waals surface area contributed by atoms with Crippen LogP contribution >= 0.6 is 0 Å². The highest BCUT2D eigenvalue weighted by molar-refractivity contribution is 5.83. The van der Waals surface area contributed by atoms with Gasteiger partial charge in [-0.3, -0.25) is 4.79 Å². The zero-order valence-corrected chi connectivity index (χ0v) is 31.0. The molecular formula is C37H52N2O14. The van der Waals surface area contributed by atoms with Crippen molar-refractivity contribution in [1.29, 1.82) is 0 Å². The third kappa shape index (κ3) is 17.2. The van der Waals surface area contributed by atoms with Crippen LogP contribution in [0, 0.1) is 16.2 Å². The van der Waals surface area contributed by atoms with E-state index in [1.54, 1.807) is 0 Å². The lowest BCUT2D eigenvalue weighted by Gasteiger charge is -2.46. The average Bonchev–Trinajstić information content (AvgIpc) is 3.09. The molecule has 1 aliphatic carbocycles. The molecule has 0 bridgehead atoms. The van der Waals surface area contributed by atoms with Gasteiger partial charge in [0.15, 0.2) is 0 Å². The van der Waals surface area contributed by atoms with Gasteiger partial charge in [-0.05, 0) is 31.6 Å². The van der Waals surface area contributed by atoms with E-state index in [1.807, 2.05) is 20.8 Å². The third-order valence-corrected chi connectivity index (χ3v) is 7.93. The third-order valence-electron chi connectivity index (χ3n) is 7.93. The van der Waals surface area contributed by atoms with Crippen LogP contribution in [0.2, 0.25) is 0 Å². The summed E-state index contributed by atoms with van der Waals surface area (Å²) in [6.45, 7) is 20.1. The Balaban J connectivity index is 3.44. The number of nitrogens with one attached hydrogen (secondary N) is 2. The summed E-state index contributed by atoms with van der Waals surface area (Å²) in [7, 11) is 0. The molecule has 2 amide bonds. The van der Waals surface area contributed by atoms with E-state index in [-0.39, 0.29) is 11.3 Å². The molecule has 2 N–H and O–H groups in total. The van der Waals surface area contributed by atoms with Gasteiger partial charge in [0.25, 0.3) is 0 Å². The van der Waals surface area contributed by atoms with Gasteiger partial charge in [-0.2, -0.15) is 0 Å². The summed E-state index contributed by atoms with van der Waals surface area (Å²) in [5.74, 6) is -4.46. The number of carbonyl (C=O) groups excluding carboxylic acids is 7. The zero-order chi connectivity index (χ0) is 40.3. The number of rotatable bonds is 23. The Hall–Kier alpha value is -5.25. The second kappa shape index (κ2) is 21.3. The van der Waals surface area contributed by atoms with Crippen molar-refractivity contribution >= 4 is 41.8 Å². The summed E-state index contributed by atoms with van der Waals surface area (Å²) in [5.41, 5.74) is -3.98. The maximum absolute atomic E-state index is 13.3. The fourth-order valence-electron chi connectivity index (χ4n) is 5.93. The summed E-state index contributed by atoms with van der Waals surface area (Å²) in [6, 6.07) is -0.401. The van der Waals surface area contributed by atoms with Crippen molar-refractivity contribution in [1.82, 2.24) is 10.6 Å². The van der Waals surface area contributed by atoms with E-state index in [9.17, 15) is 33.6 Å². The average molecular weight is 749 g/mol. The normalized spacial score (nSPS) is 17.7. The van der Waals surface area contributed by atoms with Crippen LogP contribution in [0.25, 0.3) is 0 Å². The van der Waals surface area contributed by atoms with Gasteiger partial charge in [0.2, 0.25) is 5.91 Å². The summed E-state index contributed by atoms with van der Waals surface area (Å²) in [4.78, 5) is 85.7. The predicted octanol–water partition coefficient (Wildman–Crippen LogP) is 2.82. The van der Waals surface area contributed by atoms with Gasteiger partial charge >= 0.3 is 35.9 Å². The molecule has 0 radical (unpaired) electrons. The minimum atomic E-state index is -1.58. The molecule has 0 spiro atoms. The Morgan fingerprint density at radius 2 is 0.925 bits per heavy atom. The minimum Gasteiger partial charge on any atom is -0.462 e. The molecule has 0 saturated heterocycles. The Kier molecular flexibility index (Phi) is 18.4. The smallest absolute Gasteiger partial charge is 0.407 e. The lowest BCUT2D eigenvalue weighted by molar-refractivity contribution is -0.167. The quantitative estimate of drug-likeness (QED) is 0.0876. The minimum absolute atomic E-state index is 0.208. The largest absolute Gasteiger partial charge is 0.462 e. The molecule has 1 aliphatic rings. The maximum atomic E-state index is 13.3. The van der Waals surface area contributed by atoms with Gasteiger partial charge in [0.1, 0.15) is 39.6 Å². The van der Waals surface area contributed by atoms with E-state index < -0.39 is 111 Å². The Morgan fingerprint density at radius 3 is 1.25 bits per heavy atom. The maximum Gasteiger partial charge on any atom is 0.407 e. The van der Waals surface area contributed by atoms with E-state index in [1.165, 1.54) is 6.92 Å². The van der Waals surface area contributed by atoms with E-state index >= 15 is 0 Å². The van der Waals surface area contributed by atoms with Gasteiger partial charge < -0.3 is 43.8 Å². The van der Waals surface area contributed by atoms with E-state index in [0.29, 0.717) is 19.3 Å². The van der Waals surface area contributed by atoms with Gasteiger partial charge in [0.05, 0.1) is 24.0 Å². The lowest BCUT2D eigenvalue weighted by Crippen LogP contribution is -2.57. The summed E-state index contributed by atoms with van der Waals surface area (Å²) in [6.07, 6.45) is 5.27.